The third-order valence-corrected chi connectivity index (χ3v) is 2.73. The number of aromatic amines is 2. The maximum absolute atomic E-state index is 12.0. The van der Waals surface area contributed by atoms with Gasteiger partial charge in [0.2, 0.25) is 0 Å². The number of nitrogens with one attached hydrogen (secondary N) is 2. The highest BCUT2D eigenvalue weighted by molar-refractivity contribution is 5.95. The molecule has 0 aliphatic heterocycles. The molecule has 3 aromatic heterocycles. The number of Topliss-reactive ketones (excluding diaryl/α,β-unsaturated/α-hetero) is 1. The van der Waals surface area contributed by atoms with Crippen molar-refractivity contribution in [1.82, 2.24) is 30.4 Å². The summed E-state index contributed by atoms with van der Waals surface area (Å²) in [7, 11) is 0. The fraction of sp³-hybridized carbons (Fsp3) is 0.0769. The lowest BCUT2D eigenvalue weighted by molar-refractivity contribution is 0.0985. The largest absolute Gasteiger partial charge is 0.323 e. The lowest BCUT2D eigenvalue weighted by atomic mass is 10.2. The first kappa shape index (κ1) is 12.9. The Hall–Kier alpha value is -3.16. The van der Waals surface area contributed by atoms with Crippen LogP contribution >= 0.6 is 0 Å². The Kier molecular flexibility index (Phi) is 3.34. The van der Waals surface area contributed by atoms with E-state index < -0.39 is 0 Å². The molecule has 3 aromatic rings. The molecule has 8 nitrogen and oxygen atoms in total. The molecule has 0 saturated carbocycles. The van der Waals surface area contributed by atoms with E-state index in [0.717, 1.165) is 0 Å². The summed E-state index contributed by atoms with van der Waals surface area (Å²) in [5.41, 5.74) is 0.458. The third-order valence-electron chi connectivity index (χ3n) is 2.73. The lowest BCUT2D eigenvalue weighted by Crippen LogP contribution is -2.13. The summed E-state index contributed by atoms with van der Waals surface area (Å²) < 4.78 is 0. The predicted molar refractivity (Wildman–Crippen MR) is 72.5 cm³/mol. The fourth-order valence-corrected chi connectivity index (χ4v) is 1.74. The zero-order valence-corrected chi connectivity index (χ0v) is 10.8. The zero-order chi connectivity index (χ0) is 14.7. The first-order valence-corrected chi connectivity index (χ1v) is 6.14. The van der Waals surface area contributed by atoms with E-state index in [2.05, 4.69) is 30.4 Å². The van der Waals surface area contributed by atoms with Crippen molar-refractivity contribution in [2.45, 2.75) is 6.42 Å². The second-order valence-electron chi connectivity index (χ2n) is 4.24. The minimum absolute atomic E-state index is 0.0128. The topological polar surface area (TPSA) is 117 Å². The molecule has 21 heavy (non-hydrogen) atoms. The average Bonchev–Trinajstić information content (AvgIpc) is 2.97. The highest BCUT2D eigenvalue weighted by Gasteiger charge is 2.13. The van der Waals surface area contributed by atoms with E-state index in [1.807, 2.05) is 6.07 Å². The van der Waals surface area contributed by atoms with Crippen LogP contribution in [0.2, 0.25) is 0 Å². The van der Waals surface area contributed by atoms with Gasteiger partial charge >= 0.3 is 0 Å². The van der Waals surface area contributed by atoms with Gasteiger partial charge in [0.1, 0.15) is 17.2 Å². The maximum atomic E-state index is 12.0. The van der Waals surface area contributed by atoms with E-state index in [1.54, 1.807) is 18.3 Å². The molecule has 0 atom stereocenters. The van der Waals surface area contributed by atoms with E-state index >= 15 is 0 Å². The van der Waals surface area contributed by atoms with Gasteiger partial charge in [0.05, 0.1) is 6.42 Å². The van der Waals surface area contributed by atoms with Gasteiger partial charge in [-0.3, -0.25) is 14.6 Å². The summed E-state index contributed by atoms with van der Waals surface area (Å²) in [5, 5.41) is 13.8. The normalized spacial score (nSPS) is 10.5. The molecule has 0 bridgehead atoms. The van der Waals surface area contributed by atoms with Gasteiger partial charge in [0.25, 0.3) is 5.56 Å². The molecule has 0 fully saturated rings. The van der Waals surface area contributed by atoms with Crippen molar-refractivity contribution in [3.05, 3.63) is 58.4 Å². The molecule has 104 valence electrons. The Morgan fingerprint density at radius 1 is 1.14 bits per heavy atom. The van der Waals surface area contributed by atoms with Crippen molar-refractivity contribution in [3.8, 4) is 11.5 Å². The highest BCUT2D eigenvalue weighted by Crippen LogP contribution is 2.10. The first-order valence-electron chi connectivity index (χ1n) is 6.14. The van der Waals surface area contributed by atoms with Crippen molar-refractivity contribution in [3.63, 3.8) is 0 Å². The predicted octanol–water partition coefficient (Wildman–Crippen LogP) is 0.375. The smallest absolute Gasteiger partial charge is 0.264 e. The Bertz CT molecular complexity index is 803. The summed E-state index contributed by atoms with van der Waals surface area (Å²) >= 11 is 0. The summed E-state index contributed by atoms with van der Waals surface area (Å²) in [4.78, 5) is 30.0. The molecule has 0 spiro atoms. The number of pyridine rings is 1. The molecule has 0 aliphatic rings. The second kappa shape index (κ2) is 5.45. The van der Waals surface area contributed by atoms with Gasteiger partial charge in [-0.1, -0.05) is 6.07 Å². The quantitative estimate of drug-likeness (QED) is 0.668. The number of ketones is 1. The van der Waals surface area contributed by atoms with Gasteiger partial charge in [0, 0.05) is 12.3 Å². The summed E-state index contributed by atoms with van der Waals surface area (Å²) in [6.07, 6.45) is 1.66. The third kappa shape index (κ3) is 2.89. The molecule has 0 saturated heterocycles. The molecular weight excluding hydrogens is 272 g/mol. The van der Waals surface area contributed by atoms with Gasteiger partial charge in [-0.25, -0.2) is 5.10 Å². The van der Waals surface area contributed by atoms with Gasteiger partial charge in [-0.2, -0.15) is 5.10 Å². The average molecular weight is 282 g/mol. The molecule has 0 aliphatic carbocycles. The number of nitrogens with zero attached hydrogens (tertiary/aromatic N) is 4. The minimum atomic E-state index is -0.358. The molecular formula is C13H10N6O2. The lowest BCUT2D eigenvalue weighted by Gasteiger charge is -1.96. The van der Waals surface area contributed by atoms with Crippen molar-refractivity contribution in [1.29, 1.82) is 0 Å². The van der Waals surface area contributed by atoms with E-state index in [1.165, 1.54) is 12.1 Å². The maximum Gasteiger partial charge on any atom is 0.264 e. The number of H-pyrrole nitrogens is 2. The number of rotatable bonds is 4. The van der Waals surface area contributed by atoms with Gasteiger partial charge in [-0.15, -0.1) is 10.2 Å². The SMILES string of the molecule is O=C(Cc1nnc(-c2ccccn2)[nH]1)c1ccc(=O)[nH]n1. The first-order chi connectivity index (χ1) is 10.2. The molecule has 0 aromatic carbocycles. The molecule has 0 amide bonds. The van der Waals surface area contributed by atoms with E-state index in [9.17, 15) is 9.59 Å². The minimum Gasteiger partial charge on any atom is -0.323 e. The molecule has 3 rings (SSSR count). The molecule has 8 heteroatoms. The van der Waals surface area contributed by atoms with Crippen LogP contribution in [0.3, 0.4) is 0 Å². The van der Waals surface area contributed by atoms with Crippen LogP contribution in [0.15, 0.2) is 41.3 Å². The van der Waals surface area contributed by atoms with Crippen molar-refractivity contribution in [2.75, 3.05) is 0 Å². The standard InChI is InChI=1S/C13H10N6O2/c20-10(8-4-5-12(21)18-16-8)7-11-15-13(19-17-11)9-3-1-2-6-14-9/h1-6H,7H2,(H,18,21)(H,15,17,19). The van der Waals surface area contributed by atoms with Gasteiger partial charge in [0.15, 0.2) is 11.6 Å². The van der Waals surface area contributed by atoms with E-state index in [-0.39, 0.29) is 23.5 Å². The van der Waals surface area contributed by atoms with Gasteiger partial charge < -0.3 is 4.98 Å². The van der Waals surface area contributed by atoms with Crippen molar-refractivity contribution >= 4 is 5.78 Å². The van der Waals surface area contributed by atoms with Crippen LogP contribution in [0.5, 0.6) is 0 Å². The van der Waals surface area contributed by atoms with Gasteiger partial charge in [-0.05, 0) is 18.2 Å². The van der Waals surface area contributed by atoms with Crippen LogP contribution in [-0.4, -0.2) is 36.1 Å². The number of hydrogen-bond donors (Lipinski definition) is 2. The second-order valence-corrected chi connectivity index (χ2v) is 4.24. The van der Waals surface area contributed by atoms with Crippen LogP contribution in [-0.2, 0) is 6.42 Å². The van der Waals surface area contributed by atoms with E-state index in [0.29, 0.717) is 17.3 Å². The molecule has 0 unspecified atom stereocenters. The summed E-state index contributed by atoms with van der Waals surface area (Å²) in [5.74, 6) is 0.636. The molecule has 3 heterocycles. The van der Waals surface area contributed by atoms with E-state index in [4.69, 9.17) is 0 Å². The summed E-state index contributed by atoms with van der Waals surface area (Å²) in [6, 6.07) is 8.04. The molecule has 2 N–H and O–H groups in total. The Morgan fingerprint density at radius 2 is 2.05 bits per heavy atom. The Balaban J connectivity index is 1.77. The fourth-order valence-electron chi connectivity index (χ4n) is 1.74. The van der Waals surface area contributed by atoms with Crippen LogP contribution in [0.25, 0.3) is 11.5 Å². The summed E-state index contributed by atoms with van der Waals surface area (Å²) in [6.45, 7) is 0. The van der Waals surface area contributed by atoms with Crippen molar-refractivity contribution in [2.24, 2.45) is 0 Å². The van der Waals surface area contributed by atoms with Crippen molar-refractivity contribution < 1.29 is 4.79 Å². The van der Waals surface area contributed by atoms with Crippen LogP contribution < -0.4 is 5.56 Å². The Morgan fingerprint density at radius 3 is 2.76 bits per heavy atom. The number of hydrogen-bond acceptors (Lipinski definition) is 6. The van der Waals surface area contributed by atoms with Crippen LogP contribution in [0.4, 0.5) is 0 Å². The zero-order valence-electron chi connectivity index (χ0n) is 10.8. The molecule has 0 radical (unpaired) electrons. The van der Waals surface area contributed by atoms with Crippen LogP contribution in [0, 0.1) is 0 Å². The van der Waals surface area contributed by atoms with Crippen LogP contribution in [0.1, 0.15) is 16.3 Å². The number of carbonyl (C=O) groups excluding carboxylic acids is 1. The Labute approximate surface area is 118 Å². The number of aromatic nitrogens is 6. The highest BCUT2D eigenvalue weighted by atomic mass is 16.1. The monoisotopic (exact) mass is 282 g/mol. The number of carbonyl (C=O) groups is 1.